The van der Waals surface area contributed by atoms with Crippen molar-refractivity contribution in [1.82, 2.24) is 14.8 Å². The second-order valence-electron chi connectivity index (χ2n) is 5.35. The number of esters is 1. The molecule has 0 N–H and O–H groups in total. The van der Waals surface area contributed by atoms with Gasteiger partial charge in [-0.05, 0) is 30.2 Å². The molecule has 0 aliphatic rings. The fourth-order valence-corrected chi connectivity index (χ4v) is 3.54. The van der Waals surface area contributed by atoms with Gasteiger partial charge in [-0.3, -0.25) is 9.36 Å². The van der Waals surface area contributed by atoms with Crippen LogP contribution < -0.4 is 0 Å². The SMILES string of the molecule is COC(=O)C(Sc1nncn1-c1ccc(C)c(Cl)c1)c1ccccc1. The fourth-order valence-electron chi connectivity index (χ4n) is 2.31. The molecule has 0 amide bonds. The highest BCUT2D eigenvalue weighted by molar-refractivity contribution is 8.00. The highest BCUT2D eigenvalue weighted by Crippen LogP contribution is 2.36. The summed E-state index contributed by atoms with van der Waals surface area (Å²) in [6, 6.07) is 15.2. The van der Waals surface area contributed by atoms with Crippen LogP contribution >= 0.6 is 23.4 Å². The van der Waals surface area contributed by atoms with E-state index in [1.165, 1.54) is 18.9 Å². The number of hydrogen-bond acceptors (Lipinski definition) is 5. The van der Waals surface area contributed by atoms with Crippen LogP contribution in [0, 0.1) is 6.92 Å². The molecule has 0 aliphatic carbocycles. The van der Waals surface area contributed by atoms with E-state index in [1.807, 2.05) is 55.5 Å². The second kappa shape index (κ2) is 7.72. The lowest BCUT2D eigenvalue weighted by Gasteiger charge is -2.15. The summed E-state index contributed by atoms with van der Waals surface area (Å²) in [7, 11) is 1.38. The van der Waals surface area contributed by atoms with E-state index in [1.54, 1.807) is 10.9 Å². The van der Waals surface area contributed by atoms with Crippen molar-refractivity contribution in [2.45, 2.75) is 17.3 Å². The van der Waals surface area contributed by atoms with Gasteiger partial charge in [0.25, 0.3) is 0 Å². The molecule has 3 aromatic rings. The Morgan fingerprint density at radius 3 is 2.68 bits per heavy atom. The molecule has 0 aliphatic heterocycles. The zero-order valence-corrected chi connectivity index (χ0v) is 15.3. The molecule has 5 nitrogen and oxygen atoms in total. The Morgan fingerprint density at radius 2 is 2.00 bits per heavy atom. The molecular weight excluding hydrogens is 358 g/mol. The standard InChI is InChI=1S/C18H16ClN3O2S/c1-12-8-9-14(10-15(12)19)22-11-20-21-18(22)25-16(17(23)24-2)13-6-4-3-5-7-13/h3-11,16H,1-2H3. The van der Waals surface area contributed by atoms with Crippen LogP contribution in [-0.4, -0.2) is 27.8 Å². The predicted octanol–water partition coefficient (Wildman–Crippen LogP) is 4.24. The lowest BCUT2D eigenvalue weighted by Crippen LogP contribution is -2.12. The molecule has 3 rings (SSSR count). The Hall–Kier alpha value is -2.31. The van der Waals surface area contributed by atoms with Crippen LogP contribution in [0.4, 0.5) is 0 Å². The maximum atomic E-state index is 12.3. The second-order valence-corrected chi connectivity index (χ2v) is 6.83. The minimum absolute atomic E-state index is 0.340. The van der Waals surface area contributed by atoms with Crippen molar-refractivity contribution in [3.63, 3.8) is 0 Å². The molecule has 0 saturated carbocycles. The zero-order chi connectivity index (χ0) is 17.8. The van der Waals surface area contributed by atoms with E-state index in [2.05, 4.69) is 10.2 Å². The Labute approximate surface area is 155 Å². The number of carbonyl (C=O) groups excluding carboxylic acids is 1. The van der Waals surface area contributed by atoms with E-state index in [9.17, 15) is 4.79 Å². The molecule has 7 heteroatoms. The molecule has 0 bridgehead atoms. The van der Waals surface area contributed by atoms with E-state index < -0.39 is 5.25 Å². The van der Waals surface area contributed by atoms with Crippen LogP contribution in [0.2, 0.25) is 5.02 Å². The molecule has 0 fully saturated rings. The first-order valence-electron chi connectivity index (χ1n) is 7.56. The third-order valence-electron chi connectivity index (χ3n) is 3.69. The summed E-state index contributed by atoms with van der Waals surface area (Å²) >= 11 is 7.51. The van der Waals surface area contributed by atoms with Crippen molar-refractivity contribution in [2.75, 3.05) is 7.11 Å². The van der Waals surface area contributed by atoms with Crippen molar-refractivity contribution >= 4 is 29.3 Å². The van der Waals surface area contributed by atoms with Gasteiger partial charge in [0.1, 0.15) is 11.6 Å². The van der Waals surface area contributed by atoms with Gasteiger partial charge in [-0.25, -0.2) is 0 Å². The van der Waals surface area contributed by atoms with Gasteiger partial charge in [-0.15, -0.1) is 10.2 Å². The molecule has 25 heavy (non-hydrogen) atoms. The van der Waals surface area contributed by atoms with Crippen LogP contribution in [0.1, 0.15) is 16.4 Å². The van der Waals surface area contributed by atoms with Gasteiger partial charge in [0, 0.05) is 5.02 Å². The number of aryl methyl sites for hydroxylation is 1. The first-order chi connectivity index (χ1) is 12.1. The summed E-state index contributed by atoms with van der Waals surface area (Å²) in [4.78, 5) is 12.3. The Kier molecular flexibility index (Phi) is 5.40. The predicted molar refractivity (Wildman–Crippen MR) is 98.2 cm³/mol. The summed E-state index contributed by atoms with van der Waals surface area (Å²) < 4.78 is 6.76. The zero-order valence-electron chi connectivity index (χ0n) is 13.7. The van der Waals surface area contributed by atoms with Crippen molar-refractivity contribution in [3.8, 4) is 5.69 Å². The molecule has 1 heterocycles. The molecule has 0 spiro atoms. The molecule has 0 radical (unpaired) electrons. The number of methoxy groups -OCH3 is 1. The van der Waals surface area contributed by atoms with Crippen LogP contribution in [0.5, 0.6) is 0 Å². The third-order valence-corrected chi connectivity index (χ3v) is 5.29. The van der Waals surface area contributed by atoms with E-state index in [0.717, 1.165) is 16.8 Å². The van der Waals surface area contributed by atoms with E-state index in [0.29, 0.717) is 10.2 Å². The molecule has 1 aromatic heterocycles. The summed E-state index contributed by atoms with van der Waals surface area (Å²) in [6.07, 6.45) is 1.60. The highest BCUT2D eigenvalue weighted by Gasteiger charge is 2.25. The van der Waals surface area contributed by atoms with Gasteiger partial charge in [-0.2, -0.15) is 0 Å². The summed E-state index contributed by atoms with van der Waals surface area (Å²) in [5, 5.41) is 8.84. The number of benzene rings is 2. The summed E-state index contributed by atoms with van der Waals surface area (Å²) in [5.41, 5.74) is 2.67. The number of rotatable bonds is 5. The van der Waals surface area contributed by atoms with Crippen LogP contribution in [0.25, 0.3) is 5.69 Å². The van der Waals surface area contributed by atoms with E-state index in [-0.39, 0.29) is 5.97 Å². The van der Waals surface area contributed by atoms with E-state index >= 15 is 0 Å². The van der Waals surface area contributed by atoms with Gasteiger partial charge in [0.15, 0.2) is 5.16 Å². The van der Waals surface area contributed by atoms with Crippen LogP contribution in [-0.2, 0) is 9.53 Å². The summed E-state index contributed by atoms with van der Waals surface area (Å²) in [6.45, 7) is 1.94. The quantitative estimate of drug-likeness (QED) is 0.494. The van der Waals surface area contributed by atoms with Gasteiger partial charge in [0.2, 0.25) is 0 Å². The minimum Gasteiger partial charge on any atom is -0.468 e. The monoisotopic (exact) mass is 373 g/mol. The number of halogens is 1. The maximum Gasteiger partial charge on any atom is 0.323 e. The van der Waals surface area contributed by atoms with Crippen molar-refractivity contribution in [1.29, 1.82) is 0 Å². The number of ether oxygens (including phenoxy) is 1. The van der Waals surface area contributed by atoms with Crippen LogP contribution in [0.3, 0.4) is 0 Å². The van der Waals surface area contributed by atoms with Crippen molar-refractivity contribution in [3.05, 3.63) is 71.0 Å². The average molecular weight is 374 g/mol. The fraction of sp³-hybridized carbons (Fsp3) is 0.167. The molecule has 128 valence electrons. The molecule has 1 atom stereocenters. The number of thioether (sulfide) groups is 1. The first-order valence-corrected chi connectivity index (χ1v) is 8.82. The average Bonchev–Trinajstić information content (AvgIpc) is 3.10. The van der Waals surface area contributed by atoms with Gasteiger partial charge >= 0.3 is 5.97 Å². The van der Waals surface area contributed by atoms with Gasteiger partial charge in [-0.1, -0.05) is 59.8 Å². The molecule has 2 aromatic carbocycles. The van der Waals surface area contributed by atoms with Crippen molar-refractivity contribution in [2.24, 2.45) is 0 Å². The maximum absolute atomic E-state index is 12.3. The van der Waals surface area contributed by atoms with Gasteiger partial charge in [0.05, 0.1) is 12.8 Å². The first kappa shape index (κ1) is 17.5. The lowest BCUT2D eigenvalue weighted by molar-refractivity contribution is -0.140. The normalized spacial score (nSPS) is 12.0. The highest BCUT2D eigenvalue weighted by atomic mass is 35.5. The topological polar surface area (TPSA) is 57.0 Å². The smallest absolute Gasteiger partial charge is 0.323 e. The molecule has 1 unspecified atom stereocenters. The summed E-state index contributed by atoms with van der Waals surface area (Å²) in [5.74, 6) is -0.340. The third kappa shape index (κ3) is 3.86. The number of carbonyl (C=O) groups is 1. The van der Waals surface area contributed by atoms with Crippen molar-refractivity contribution < 1.29 is 9.53 Å². The molecular formula is C18H16ClN3O2S. The number of hydrogen-bond donors (Lipinski definition) is 0. The molecule has 0 saturated heterocycles. The Balaban J connectivity index is 1.95. The number of aromatic nitrogens is 3. The minimum atomic E-state index is -0.532. The van der Waals surface area contributed by atoms with E-state index in [4.69, 9.17) is 16.3 Å². The van der Waals surface area contributed by atoms with Crippen LogP contribution in [0.15, 0.2) is 60.0 Å². The number of nitrogens with zero attached hydrogens (tertiary/aromatic N) is 3. The van der Waals surface area contributed by atoms with Gasteiger partial charge < -0.3 is 4.74 Å². The lowest BCUT2D eigenvalue weighted by atomic mass is 10.1. The Bertz CT molecular complexity index is 883. The largest absolute Gasteiger partial charge is 0.468 e. The Morgan fingerprint density at radius 1 is 1.24 bits per heavy atom.